The van der Waals surface area contributed by atoms with Crippen molar-refractivity contribution in [1.82, 2.24) is 25.0 Å². The molecule has 27 heavy (non-hydrogen) atoms. The van der Waals surface area contributed by atoms with Gasteiger partial charge in [-0.25, -0.2) is 0 Å². The first-order chi connectivity index (χ1) is 13.0. The molecule has 0 radical (unpaired) electrons. The number of rotatable bonds is 7. The van der Waals surface area contributed by atoms with E-state index in [-0.39, 0.29) is 12.5 Å². The number of H-pyrrole nitrogens is 1. The van der Waals surface area contributed by atoms with Crippen LogP contribution in [0.1, 0.15) is 31.7 Å². The molecule has 146 valence electrons. The summed E-state index contributed by atoms with van der Waals surface area (Å²) in [6, 6.07) is 8.03. The summed E-state index contributed by atoms with van der Waals surface area (Å²) in [6.45, 7) is 8.63. The van der Waals surface area contributed by atoms with Crippen LogP contribution in [0.25, 0.3) is 11.4 Å². The van der Waals surface area contributed by atoms with Gasteiger partial charge in [-0.3, -0.25) is 14.5 Å². The Balaban J connectivity index is 1.50. The Labute approximate surface area is 166 Å². The monoisotopic (exact) mass is 387 g/mol. The summed E-state index contributed by atoms with van der Waals surface area (Å²) in [5.74, 6) is 1.51. The second-order valence-corrected chi connectivity index (χ2v) is 7.92. The number of nitrogens with zero attached hydrogens (tertiary/aromatic N) is 3. The van der Waals surface area contributed by atoms with Gasteiger partial charge >= 0.3 is 0 Å². The van der Waals surface area contributed by atoms with Crippen LogP contribution >= 0.6 is 12.2 Å². The highest BCUT2D eigenvalue weighted by Gasteiger charge is 2.15. The SMILES string of the molecule is Cc1cccc(-c2n[nH]c(=S)n2CC(=O)NCCCN2CCC(C)CC2)c1. The van der Waals surface area contributed by atoms with Crippen molar-refractivity contribution in [3.63, 3.8) is 0 Å². The second kappa shape index (κ2) is 9.28. The number of benzene rings is 1. The zero-order valence-electron chi connectivity index (χ0n) is 16.2. The summed E-state index contributed by atoms with van der Waals surface area (Å²) in [5, 5.41) is 10.1. The van der Waals surface area contributed by atoms with Crippen molar-refractivity contribution in [2.45, 2.75) is 39.7 Å². The molecule has 2 aromatic rings. The quantitative estimate of drug-likeness (QED) is 0.566. The molecular weight excluding hydrogens is 358 g/mol. The Kier molecular flexibility index (Phi) is 6.79. The third-order valence-electron chi connectivity index (χ3n) is 5.19. The maximum atomic E-state index is 12.4. The first-order valence-electron chi connectivity index (χ1n) is 9.74. The fourth-order valence-electron chi connectivity index (χ4n) is 3.48. The zero-order chi connectivity index (χ0) is 19.2. The van der Waals surface area contributed by atoms with Crippen molar-refractivity contribution in [1.29, 1.82) is 0 Å². The lowest BCUT2D eigenvalue weighted by atomic mass is 9.99. The van der Waals surface area contributed by atoms with Gasteiger partial charge in [-0.1, -0.05) is 30.7 Å². The fraction of sp³-hybridized carbons (Fsp3) is 0.550. The lowest BCUT2D eigenvalue weighted by molar-refractivity contribution is -0.121. The van der Waals surface area contributed by atoms with E-state index in [4.69, 9.17) is 12.2 Å². The summed E-state index contributed by atoms with van der Waals surface area (Å²) in [7, 11) is 0. The van der Waals surface area contributed by atoms with Crippen molar-refractivity contribution in [3.8, 4) is 11.4 Å². The Morgan fingerprint density at radius 2 is 2.15 bits per heavy atom. The standard InChI is InChI=1S/C20H29N5OS/c1-15-7-11-24(12-8-15)10-4-9-21-18(26)14-25-19(22-23-20(25)27)17-6-3-5-16(2)13-17/h3,5-6,13,15H,4,7-12,14H2,1-2H3,(H,21,26)(H,23,27). The highest BCUT2D eigenvalue weighted by Crippen LogP contribution is 2.18. The Hall–Kier alpha value is -1.99. The number of aromatic amines is 1. The molecule has 1 fully saturated rings. The maximum Gasteiger partial charge on any atom is 0.240 e. The van der Waals surface area contributed by atoms with Crippen LogP contribution in [0, 0.1) is 17.6 Å². The van der Waals surface area contributed by atoms with Crippen LogP contribution in [-0.2, 0) is 11.3 Å². The van der Waals surface area contributed by atoms with Crippen LogP contribution in [-0.4, -0.2) is 51.8 Å². The molecule has 1 aliphatic rings. The molecule has 0 saturated carbocycles. The number of amides is 1. The zero-order valence-corrected chi connectivity index (χ0v) is 17.0. The summed E-state index contributed by atoms with van der Waals surface area (Å²) in [4.78, 5) is 14.9. The molecule has 0 unspecified atom stereocenters. The second-order valence-electron chi connectivity index (χ2n) is 7.54. The minimum atomic E-state index is -0.0336. The number of aryl methyl sites for hydroxylation is 1. The van der Waals surface area contributed by atoms with Crippen LogP contribution in [0.2, 0.25) is 0 Å². The van der Waals surface area contributed by atoms with E-state index in [0.29, 0.717) is 17.1 Å². The average Bonchev–Trinajstić information content (AvgIpc) is 3.01. The number of hydrogen-bond donors (Lipinski definition) is 2. The topological polar surface area (TPSA) is 66.0 Å². The number of carbonyl (C=O) groups is 1. The number of carbonyl (C=O) groups excluding carboxylic acids is 1. The highest BCUT2D eigenvalue weighted by atomic mass is 32.1. The van der Waals surface area contributed by atoms with Crippen molar-refractivity contribution < 1.29 is 4.79 Å². The first-order valence-corrected chi connectivity index (χ1v) is 10.1. The van der Waals surface area contributed by atoms with Crippen molar-refractivity contribution in [2.75, 3.05) is 26.2 Å². The molecule has 1 saturated heterocycles. The largest absolute Gasteiger partial charge is 0.355 e. The molecule has 1 aliphatic heterocycles. The summed E-state index contributed by atoms with van der Waals surface area (Å²) in [6.07, 6.45) is 3.54. The molecule has 0 aliphatic carbocycles. The third-order valence-corrected chi connectivity index (χ3v) is 5.50. The van der Waals surface area contributed by atoms with E-state index in [1.165, 1.54) is 25.9 Å². The third kappa shape index (κ3) is 5.49. The Morgan fingerprint density at radius 3 is 2.89 bits per heavy atom. The van der Waals surface area contributed by atoms with E-state index in [9.17, 15) is 4.79 Å². The summed E-state index contributed by atoms with van der Waals surface area (Å²) in [5.41, 5.74) is 2.10. The lowest BCUT2D eigenvalue weighted by Crippen LogP contribution is -2.36. The van der Waals surface area contributed by atoms with E-state index < -0.39 is 0 Å². The molecule has 1 aromatic carbocycles. The normalized spacial score (nSPS) is 15.8. The molecular formula is C20H29N5OS. The van der Waals surface area contributed by atoms with E-state index in [1.807, 2.05) is 31.2 Å². The van der Waals surface area contributed by atoms with E-state index in [2.05, 4.69) is 27.3 Å². The molecule has 2 N–H and O–H groups in total. The Morgan fingerprint density at radius 1 is 1.37 bits per heavy atom. The fourth-order valence-corrected chi connectivity index (χ4v) is 3.68. The number of nitrogens with one attached hydrogen (secondary N) is 2. The minimum absolute atomic E-state index is 0.0336. The lowest BCUT2D eigenvalue weighted by Gasteiger charge is -2.30. The van der Waals surface area contributed by atoms with Crippen LogP contribution < -0.4 is 5.32 Å². The van der Waals surface area contributed by atoms with Gasteiger partial charge < -0.3 is 10.2 Å². The number of likely N-dealkylation sites (tertiary alicyclic amines) is 1. The molecule has 2 heterocycles. The molecule has 3 rings (SSSR count). The maximum absolute atomic E-state index is 12.4. The van der Waals surface area contributed by atoms with Gasteiger partial charge in [0.2, 0.25) is 5.91 Å². The van der Waals surface area contributed by atoms with Gasteiger partial charge in [0, 0.05) is 12.1 Å². The van der Waals surface area contributed by atoms with E-state index in [1.54, 1.807) is 4.57 Å². The van der Waals surface area contributed by atoms with Gasteiger partial charge in [0.05, 0.1) is 0 Å². The van der Waals surface area contributed by atoms with Crippen LogP contribution in [0.15, 0.2) is 24.3 Å². The van der Waals surface area contributed by atoms with Crippen molar-refractivity contribution in [2.24, 2.45) is 5.92 Å². The highest BCUT2D eigenvalue weighted by molar-refractivity contribution is 7.71. The van der Waals surface area contributed by atoms with Gasteiger partial charge in [-0.2, -0.15) is 5.10 Å². The minimum Gasteiger partial charge on any atom is -0.355 e. The molecule has 0 bridgehead atoms. The van der Waals surface area contributed by atoms with E-state index in [0.717, 1.165) is 30.0 Å². The van der Waals surface area contributed by atoms with Crippen LogP contribution in [0.3, 0.4) is 0 Å². The summed E-state index contributed by atoms with van der Waals surface area (Å²) < 4.78 is 2.22. The molecule has 6 nitrogen and oxygen atoms in total. The molecule has 0 spiro atoms. The van der Waals surface area contributed by atoms with Crippen molar-refractivity contribution in [3.05, 3.63) is 34.6 Å². The van der Waals surface area contributed by atoms with Gasteiger partial charge in [0.1, 0.15) is 6.54 Å². The van der Waals surface area contributed by atoms with E-state index >= 15 is 0 Å². The van der Waals surface area contributed by atoms with Gasteiger partial charge in [-0.15, -0.1) is 0 Å². The molecule has 7 heteroatoms. The predicted molar refractivity (Wildman–Crippen MR) is 110 cm³/mol. The van der Waals surface area contributed by atoms with Gasteiger partial charge in [-0.05, 0) is 70.0 Å². The smallest absolute Gasteiger partial charge is 0.240 e. The number of aromatic nitrogens is 3. The van der Waals surface area contributed by atoms with Gasteiger partial charge in [0.25, 0.3) is 0 Å². The molecule has 0 atom stereocenters. The number of hydrogen-bond acceptors (Lipinski definition) is 4. The first kappa shape index (κ1) is 19.8. The van der Waals surface area contributed by atoms with Gasteiger partial charge in [0.15, 0.2) is 10.6 Å². The molecule has 1 aromatic heterocycles. The van der Waals surface area contributed by atoms with Crippen LogP contribution in [0.5, 0.6) is 0 Å². The number of piperidine rings is 1. The van der Waals surface area contributed by atoms with Crippen molar-refractivity contribution >= 4 is 18.1 Å². The van der Waals surface area contributed by atoms with Crippen LogP contribution in [0.4, 0.5) is 0 Å². The predicted octanol–water partition coefficient (Wildman–Crippen LogP) is 3.15. The average molecular weight is 388 g/mol. The Bertz CT molecular complexity index is 820. The summed E-state index contributed by atoms with van der Waals surface area (Å²) >= 11 is 5.31. The molecule has 1 amide bonds.